The highest BCUT2D eigenvalue weighted by Crippen LogP contribution is 2.15. The number of aliphatic hydroxyl groups excluding tert-OH is 1. The summed E-state index contributed by atoms with van der Waals surface area (Å²) in [6.45, 7) is 2.56. The molecule has 4 heteroatoms. The van der Waals surface area contributed by atoms with Gasteiger partial charge in [0.05, 0.1) is 12.6 Å². The quantitative estimate of drug-likeness (QED) is 0.503. The van der Waals surface area contributed by atoms with Crippen LogP contribution in [0.15, 0.2) is 0 Å². The van der Waals surface area contributed by atoms with E-state index in [1.165, 1.54) is 4.90 Å². The SMILES string of the molecule is C[C@H]1CN(C(=O)O)C[C@@H]1O. The average molecular weight is 145 g/mol. The summed E-state index contributed by atoms with van der Waals surface area (Å²) >= 11 is 0. The van der Waals surface area contributed by atoms with E-state index in [4.69, 9.17) is 10.2 Å². The number of hydrogen-bond acceptors (Lipinski definition) is 2. The van der Waals surface area contributed by atoms with Gasteiger partial charge < -0.3 is 15.1 Å². The van der Waals surface area contributed by atoms with E-state index in [0.717, 1.165) is 0 Å². The number of carboxylic acid groups (broad SMARTS) is 1. The molecule has 0 aromatic rings. The smallest absolute Gasteiger partial charge is 0.407 e. The molecule has 0 aromatic heterocycles. The van der Waals surface area contributed by atoms with Gasteiger partial charge in [0.1, 0.15) is 0 Å². The van der Waals surface area contributed by atoms with Crippen LogP contribution >= 0.6 is 0 Å². The molecule has 2 N–H and O–H groups in total. The van der Waals surface area contributed by atoms with Gasteiger partial charge in [-0.15, -0.1) is 0 Å². The van der Waals surface area contributed by atoms with Crippen LogP contribution in [0.1, 0.15) is 6.92 Å². The van der Waals surface area contributed by atoms with Crippen LogP contribution in [0, 0.1) is 5.92 Å². The highest BCUT2D eigenvalue weighted by Gasteiger charge is 2.30. The van der Waals surface area contributed by atoms with Crippen molar-refractivity contribution < 1.29 is 15.0 Å². The average Bonchev–Trinajstić information content (AvgIpc) is 2.13. The summed E-state index contributed by atoms with van der Waals surface area (Å²) in [5.74, 6) is 0.0797. The van der Waals surface area contributed by atoms with E-state index >= 15 is 0 Å². The van der Waals surface area contributed by atoms with Crippen LogP contribution < -0.4 is 0 Å². The normalized spacial score (nSPS) is 32.8. The molecule has 1 saturated heterocycles. The van der Waals surface area contributed by atoms with E-state index in [9.17, 15) is 4.79 Å². The number of rotatable bonds is 0. The van der Waals surface area contributed by atoms with Gasteiger partial charge in [-0.2, -0.15) is 0 Å². The van der Waals surface area contributed by atoms with Crippen LogP contribution in [0.4, 0.5) is 4.79 Å². The molecule has 0 radical (unpaired) electrons. The van der Waals surface area contributed by atoms with Crippen LogP contribution in [0.3, 0.4) is 0 Å². The lowest BCUT2D eigenvalue weighted by molar-refractivity contribution is 0.134. The Hall–Kier alpha value is -0.770. The molecular formula is C6H11NO3. The van der Waals surface area contributed by atoms with Crippen molar-refractivity contribution in [1.29, 1.82) is 0 Å². The maximum Gasteiger partial charge on any atom is 0.407 e. The first-order valence-electron chi connectivity index (χ1n) is 3.27. The predicted octanol–water partition coefficient (Wildman–Crippen LogP) is -0.0230. The maximum atomic E-state index is 10.3. The van der Waals surface area contributed by atoms with Crippen LogP contribution in [-0.4, -0.2) is 40.4 Å². The summed E-state index contributed by atoms with van der Waals surface area (Å²) in [7, 11) is 0. The highest BCUT2D eigenvalue weighted by atomic mass is 16.4. The second-order valence-corrected chi connectivity index (χ2v) is 2.73. The number of β-amino-alcohol motifs (C(OH)–C–C–N with tert-alkyl or cyclic N) is 1. The zero-order valence-electron chi connectivity index (χ0n) is 5.82. The first kappa shape index (κ1) is 7.34. The van der Waals surface area contributed by atoms with E-state index in [1.54, 1.807) is 0 Å². The van der Waals surface area contributed by atoms with E-state index in [2.05, 4.69) is 0 Å². The minimum Gasteiger partial charge on any atom is -0.465 e. The van der Waals surface area contributed by atoms with E-state index in [0.29, 0.717) is 6.54 Å². The van der Waals surface area contributed by atoms with E-state index in [1.807, 2.05) is 6.92 Å². The fourth-order valence-electron chi connectivity index (χ4n) is 1.11. The Labute approximate surface area is 59.1 Å². The monoisotopic (exact) mass is 145 g/mol. The molecule has 1 fully saturated rings. The van der Waals surface area contributed by atoms with Crippen molar-refractivity contribution in [3.05, 3.63) is 0 Å². The lowest BCUT2D eigenvalue weighted by Crippen LogP contribution is -2.27. The van der Waals surface area contributed by atoms with Crippen molar-refractivity contribution in [3.63, 3.8) is 0 Å². The molecule has 0 bridgehead atoms. The number of hydrogen-bond donors (Lipinski definition) is 2. The molecular weight excluding hydrogens is 134 g/mol. The van der Waals surface area contributed by atoms with Gasteiger partial charge in [-0.25, -0.2) is 4.79 Å². The topological polar surface area (TPSA) is 60.8 Å². The molecule has 2 atom stereocenters. The number of aliphatic hydroxyl groups is 1. The Morgan fingerprint density at radius 1 is 1.60 bits per heavy atom. The van der Waals surface area contributed by atoms with E-state index < -0.39 is 12.2 Å². The molecule has 1 heterocycles. The molecule has 0 aliphatic carbocycles. The summed E-state index contributed by atoms with van der Waals surface area (Å²) < 4.78 is 0. The first-order valence-corrected chi connectivity index (χ1v) is 3.27. The Morgan fingerprint density at radius 3 is 2.40 bits per heavy atom. The van der Waals surface area contributed by atoms with Gasteiger partial charge in [0.2, 0.25) is 0 Å². The molecule has 1 aliphatic heterocycles. The number of carbonyl (C=O) groups is 1. The van der Waals surface area contributed by atoms with Gasteiger partial charge in [-0.3, -0.25) is 0 Å². The van der Waals surface area contributed by atoms with Gasteiger partial charge in [0.25, 0.3) is 0 Å². The molecule has 0 unspecified atom stereocenters. The van der Waals surface area contributed by atoms with Gasteiger partial charge >= 0.3 is 6.09 Å². The lowest BCUT2D eigenvalue weighted by Gasteiger charge is -2.08. The molecule has 0 spiro atoms. The van der Waals surface area contributed by atoms with Crippen molar-refractivity contribution in [1.82, 2.24) is 4.90 Å². The van der Waals surface area contributed by atoms with Gasteiger partial charge in [-0.05, 0) is 0 Å². The van der Waals surface area contributed by atoms with Crippen LogP contribution in [0.25, 0.3) is 0 Å². The Bertz CT molecular complexity index is 138. The number of amides is 1. The summed E-state index contributed by atoms with van der Waals surface area (Å²) in [4.78, 5) is 11.5. The van der Waals surface area contributed by atoms with Crippen LogP contribution in [-0.2, 0) is 0 Å². The van der Waals surface area contributed by atoms with Crippen LogP contribution in [0.5, 0.6) is 0 Å². The number of nitrogens with zero attached hydrogens (tertiary/aromatic N) is 1. The second-order valence-electron chi connectivity index (χ2n) is 2.73. The van der Waals surface area contributed by atoms with Crippen molar-refractivity contribution in [3.8, 4) is 0 Å². The molecule has 0 aromatic carbocycles. The standard InChI is InChI=1S/C6H11NO3/c1-4-2-7(6(9)10)3-5(4)8/h4-5,8H,2-3H2,1H3,(H,9,10)/t4-,5-/m0/s1. The third-order valence-electron chi connectivity index (χ3n) is 1.84. The Kier molecular flexibility index (Phi) is 1.80. The summed E-state index contributed by atoms with van der Waals surface area (Å²) in [6, 6.07) is 0. The summed E-state index contributed by atoms with van der Waals surface area (Å²) in [6.07, 6.45) is -1.42. The van der Waals surface area contributed by atoms with Gasteiger partial charge in [-0.1, -0.05) is 6.92 Å². The minimum atomic E-state index is -0.941. The van der Waals surface area contributed by atoms with Crippen molar-refractivity contribution in [2.24, 2.45) is 5.92 Å². The zero-order chi connectivity index (χ0) is 7.72. The fourth-order valence-corrected chi connectivity index (χ4v) is 1.11. The van der Waals surface area contributed by atoms with Crippen molar-refractivity contribution in [2.45, 2.75) is 13.0 Å². The zero-order valence-corrected chi connectivity index (χ0v) is 5.82. The molecule has 58 valence electrons. The minimum absolute atomic E-state index is 0.0797. The Morgan fingerprint density at radius 2 is 2.20 bits per heavy atom. The van der Waals surface area contributed by atoms with E-state index in [-0.39, 0.29) is 12.5 Å². The molecule has 4 nitrogen and oxygen atoms in total. The molecule has 1 aliphatic rings. The molecule has 10 heavy (non-hydrogen) atoms. The Balaban J connectivity index is 2.49. The second kappa shape index (κ2) is 2.46. The van der Waals surface area contributed by atoms with Crippen molar-refractivity contribution in [2.75, 3.05) is 13.1 Å². The fraction of sp³-hybridized carbons (Fsp3) is 0.833. The molecule has 1 rings (SSSR count). The predicted molar refractivity (Wildman–Crippen MR) is 34.8 cm³/mol. The molecule has 0 saturated carbocycles. The number of likely N-dealkylation sites (tertiary alicyclic amines) is 1. The maximum absolute atomic E-state index is 10.3. The largest absolute Gasteiger partial charge is 0.465 e. The third-order valence-corrected chi connectivity index (χ3v) is 1.84. The lowest BCUT2D eigenvalue weighted by atomic mass is 10.1. The van der Waals surface area contributed by atoms with Gasteiger partial charge in [0.15, 0.2) is 0 Å². The van der Waals surface area contributed by atoms with Gasteiger partial charge in [0, 0.05) is 12.5 Å². The highest BCUT2D eigenvalue weighted by molar-refractivity contribution is 5.65. The summed E-state index contributed by atoms with van der Waals surface area (Å²) in [5, 5.41) is 17.6. The third kappa shape index (κ3) is 1.21. The summed E-state index contributed by atoms with van der Waals surface area (Å²) in [5.41, 5.74) is 0. The van der Waals surface area contributed by atoms with Crippen molar-refractivity contribution >= 4 is 6.09 Å². The first-order chi connectivity index (χ1) is 4.61. The van der Waals surface area contributed by atoms with Crippen LogP contribution in [0.2, 0.25) is 0 Å². The molecule has 1 amide bonds.